The van der Waals surface area contributed by atoms with Gasteiger partial charge in [0.05, 0.1) is 29.1 Å². The number of aromatic amines is 1. The number of hydrogen-bond donors (Lipinski definition) is 2. The highest BCUT2D eigenvalue weighted by Crippen LogP contribution is 2.35. The van der Waals surface area contributed by atoms with E-state index in [1.807, 2.05) is 4.90 Å². The molecule has 1 unspecified atom stereocenters. The molecule has 4 rings (SSSR count). The molecule has 2 N–H and O–H groups in total. The summed E-state index contributed by atoms with van der Waals surface area (Å²) in [6, 6.07) is 2.75. The number of aromatic nitrogens is 4. The number of aliphatic hydroxyl groups is 1. The highest BCUT2D eigenvalue weighted by atomic mass is 19.4. The molecule has 0 radical (unpaired) electrons. The van der Waals surface area contributed by atoms with Gasteiger partial charge >= 0.3 is 11.9 Å². The Bertz CT molecular complexity index is 1080. The topological polar surface area (TPSA) is 87.0 Å². The van der Waals surface area contributed by atoms with E-state index in [1.54, 1.807) is 13.1 Å². The van der Waals surface area contributed by atoms with Crippen LogP contribution in [0.3, 0.4) is 0 Å². The Morgan fingerprint density at radius 3 is 2.79 bits per heavy atom. The highest BCUT2D eigenvalue weighted by molar-refractivity contribution is 5.90. The SMILES string of the molecule is CC(c1c[nH]cn1)n1c(=O)nc(N2CC[C@H](CO)C2)c2ccc(C(F)(F)F)cc21. The monoisotopic (exact) mass is 407 g/mol. The van der Waals surface area contributed by atoms with E-state index in [0.29, 0.717) is 30.0 Å². The maximum atomic E-state index is 13.4. The van der Waals surface area contributed by atoms with Crippen molar-refractivity contribution in [1.82, 2.24) is 19.5 Å². The van der Waals surface area contributed by atoms with Gasteiger partial charge in [-0.25, -0.2) is 9.78 Å². The van der Waals surface area contributed by atoms with E-state index in [9.17, 15) is 23.1 Å². The van der Waals surface area contributed by atoms with Crippen LogP contribution in [-0.4, -0.2) is 44.3 Å². The molecule has 0 saturated carbocycles. The van der Waals surface area contributed by atoms with E-state index in [0.717, 1.165) is 18.6 Å². The number of alkyl halides is 3. The number of rotatable bonds is 4. The minimum Gasteiger partial charge on any atom is -0.396 e. The van der Waals surface area contributed by atoms with Crippen LogP contribution in [0.15, 0.2) is 35.5 Å². The third kappa shape index (κ3) is 3.48. The summed E-state index contributed by atoms with van der Waals surface area (Å²) in [4.78, 5) is 25.9. The van der Waals surface area contributed by atoms with Crippen LogP contribution in [0.5, 0.6) is 0 Å². The Morgan fingerprint density at radius 2 is 2.17 bits per heavy atom. The molecule has 2 atom stereocenters. The summed E-state index contributed by atoms with van der Waals surface area (Å²) in [6.07, 6.45) is -0.769. The predicted molar refractivity (Wildman–Crippen MR) is 101 cm³/mol. The number of anilines is 1. The van der Waals surface area contributed by atoms with Crippen molar-refractivity contribution in [3.63, 3.8) is 0 Å². The van der Waals surface area contributed by atoms with Crippen LogP contribution in [0.2, 0.25) is 0 Å². The second kappa shape index (κ2) is 7.18. The van der Waals surface area contributed by atoms with Crippen LogP contribution in [0.25, 0.3) is 10.9 Å². The molecule has 3 heterocycles. The molecule has 1 aliphatic rings. The maximum absolute atomic E-state index is 13.4. The van der Waals surface area contributed by atoms with Crippen molar-refractivity contribution in [2.75, 3.05) is 24.6 Å². The average molecular weight is 407 g/mol. The quantitative estimate of drug-likeness (QED) is 0.694. The molecule has 0 aliphatic carbocycles. The lowest BCUT2D eigenvalue weighted by molar-refractivity contribution is -0.137. The zero-order valence-corrected chi connectivity index (χ0v) is 15.6. The molecule has 1 fully saturated rings. The maximum Gasteiger partial charge on any atom is 0.416 e. The lowest BCUT2D eigenvalue weighted by Gasteiger charge is -2.23. The zero-order valence-electron chi connectivity index (χ0n) is 15.6. The van der Waals surface area contributed by atoms with Crippen LogP contribution in [0.4, 0.5) is 19.0 Å². The van der Waals surface area contributed by atoms with Crippen molar-refractivity contribution in [2.45, 2.75) is 25.6 Å². The second-order valence-corrected chi connectivity index (χ2v) is 7.27. The molecule has 0 bridgehead atoms. The van der Waals surface area contributed by atoms with E-state index in [2.05, 4.69) is 15.0 Å². The van der Waals surface area contributed by atoms with E-state index >= 15 is 0 Å². The first-order valence-corrected chi connectivity index (χ1v) is 9.27. The zero-order chi connectivity index (χ0) is 20.8. The summed E-state index contributed by atoms with van der Waals surface area (Å²) in [7, 11) is 0. The molecule has 0 amide bonds. The van der Waals surface area contributed by atoms with Crippen LogP contribution in [0, 0.1) is 5.92 Å². The molecule has 29 heavy (non-hydrogen) atoms. The summed E-state index contributed by atoms with van der Waals surface area (Å²) in [6.45, 7) is 2.78. The fourth-order valence-corrected chi connectivity index (χ4v) is 3.83. The summed E-state index contributed by atoms with van der Waals surface area (Å²) < 4.78 is 41.3. The molecule has 7 nitrogen and oxygen atoms in total. The second-order valence-electron chi connectivity index (χ2n) is 7.27. The van der Waals surface area contributed by atoms with Gasteiger partial charge in [0.2, 0.25) is 0 Å². The van der Waals surface area contributed by atoms with Crippen molar-refractivity contribution >= 4 is 16.7 Å². The summed E-state index contributed by atoms with van der Waals surface area (Å²) in [5.41, 5.74) is -0.811. The first kappa shape index (κ1) is 19.4. The Hall–Kier alpha value is -2.88. The largest absolute Gasteiger partial charge is 0.416 e. The van der Waals surface area contributed by atoms with Gasteiger partial charge in [-0.2, -0.15) is 18.2 Å². The summed E-state index contributed by atoms with van der Waals surface area (Å²) >= 11 is 0. The van der Waals surface area contributed by atoms with Gasteiger partial charge in [0, 0.05) is 37.2 Å². The van der Waals surface area contributed by atoms with E-state index in [4.69, 9.17) is 0 Å². The number of halogens is 3. The van der Waals surface area contributed by atoms with Crippen molar-refractivity contribution in [1.29, 1.82) is 0 Å². The molecular weight excluding hydrogens is 387 g/mol. The minimum atomic E-state index is -4.54. The molecule has 3 aromatic rings. The lowest BCUT2D eigenvalue weighted by Crippen LogP contribution is -2.31. The minimum absolute atomic E-state index is 0.0138. The van der Waals surface area contributed by atoms with E-state index < -0.39 is 23.5 Å². The van der Waals surface area contributed by atoms with Gasteiger partial charge in [-0.3, -0.25) is 4.57 Å². The number of nitrogens with one attached hydrogen (secondary N) is 1. The van der Waals surface area contributed by atoms with Gasteiger partial charge < -0.3 is 15.0 Å². The number of imidazole rings is 1. The number of fused-ring (bicyclic) bond motifs is 1. The van der Waals surface area contributed by atoms with E-state index in [1.165, 1.54) is 17.0 Å². The lowest BCUT2D eigenvalue weighted by atomic mass is 10.1. The third-order valence-corrected chi connectivity index (χ3v) is 5.41. The Balaban J connectivity index is 1.94. The number of H-pyrrole nitrogens is 1. The molecular formula is C19H20F3N5O2. The molecule has 1 aliphatic heterocycles. The van der Waals surface area contributed by atoms with Gasteiger partial charge in [-0.15, -0.1) is 0 Å². The number of hydrogen-bond acceptors (Lipinski definition) is 5. The number of nitrogens with zero attached hydrogens (tertiary/aromatic N) is 4. The van der Waals surface area contributed by atoms with Crippen LogP contribution < -0.4 is 10.6 Å². The van der Waals surface area contributed by atoms with Crippen LogP contribution in [-0.2, 0) is 6.18 Å². The van der Waals surface area contributed by atoms with Gasteiger partial charge in [0.1, 0.15) is 5.82 Å². The van der Waals surface area contributed by atoms with Crippen LogP contribution >= 0.6 is 0 Å². The molecule has 1 saturated heterocycles. The normalized spacial score (nSPS) is 18.5. The fraction of sp³-hybridized carbons (Fsp3) is 0.421. The third-order valence-electron chi connectivity index (χ3n) is 5.41. The molecule has 0 spiro atoms. The van der Waals surface area contributed by atoms with Gasteiger partial charge in [-0.1, -0.05) is 0 Å². The molecule has 10 heteroatoms. The molecule has 154 valence electrons. The highest BCUT2D eigenvalue weighted by Gasteiger charge is 2.32. The van der Waals surface area contributed by atoms with E-state index in [-0.39, 0.29) is 18.0 Å². The van der Waals surface area contributed by atoms with Crippen molar-refractivity contribution in [2.24, 2.45) is 5.92 Å². The van der Waals surface area contributed by atoms with Crippen molar-refractivity contribution < 1.29 is 18.3 Å². The smallest absolute Gasteiger partial charge is 0.396 e. The Labute approximate surface area is 163 Å². The van der Waals surface area contributed by atoms with Crippen LogP contribution in [0.1, 0.15) is 30.6 Å². The summed E-state index contributed by atoms with van der Waals surface area (Å²) in [5.74, 6) is 0.395. The van der Waals surface area contributed by atoms with Gasteiger partial charge in [0.15, 0.2) is 0 Å². The number of aliphatic hydroxyl groups excluding tert-OH is 1. The predicted octanol–water partition coefficient (Wildman–Crippen LogP) is 2.57. The van der Waals surface area contributed by atoms with Crippen molar-refractivity contribution in [3.05, 3.63) is 52.5 Å². The Morgan fingerprint density at radius 1 is 1.38 bits per heavy atom. The number of benzene rings is 1. The molecule has 2 aromatic heterocycles. The molecule has 1 aromatic carbocycles. The first-order valence-electron chi connectivity index (χ1n) is 9.27. The van der Waals surface area contributed by atoms with Gasteiger partial charge in [0.25, 0.3) is 0 Å². The fourth-order valence-electron chi connectivity index (χ4n) is 3.83. The van der Waals surface area contributed by atoms with Crippen molar-refractivity contribution in [3.8, 4) is 0 Å². The average Bonchev–Trinajstić information content (AvgIpc) is 3.37. The summed E-state index contributed by atoms with van der Waals surface area (Å²) in [5, 5.41) is 9.86. The van der Waals surface area contributed by atoms with Gasteiger partial charge in [-0.05, 0) is 31.5 Å². The standard InChI is InChI=1S/C19H20F3N5O2/c1-11(15-7-23-10-24-15)27-16-6-13(19(20,21)22)2-3-14(16)17(25-18(27)29)26-5-4-12(8-26)9-28/h2-3,6-7,10-12,28H,4-5,8-9H2,1H3,(H,23,24)/t11?,12-/m0/s1. The first-order chi connectivity index (χ1) is 13.8. The Kier molecular flexibility index (Phi) is 4.81.